The Morgan fingerprint density at radius 1 is 1.10 bits per heavy atom. The maximum Gasteiger partial charge on any atom is 0.322 e. The number of amides is 3. The van der Waals surface area contributed by atoms with E-state index in [-0.39, 0.29) is 18.4 Å². The van der Waals surface area contributed by atoms with E-state index in [1.54, 1.807) is 18.1 Å². The summed E-state index contributed by atoms with van der Waals surface area (Å²) in [5.41, 5.74) is 3.83. The molecular formula is C23H29N3O3. The van der Waals surface area contributed by atoms with Crippen molar-refractivity contribution in [1.82, 2.24) is 10.6 Å². The molecule has 0 aliphatic heterocycles. The van der Waals surface area contributed by atoms with Gasteiger partial charge in [-0.05, 0) is 30.2 Å². The summed E-state index contributed by atoms with van der Waals surface area (Å²) in [6.45, 7) is 7.48. The number of aryl methyl sites for hydroxylation is 1. The zero-order valence-electron chi connectivity index (χ0n) is 17.1. The largest absolute Gasteiger partial charge is 0.383 e. The van der Waals surface area contributed by atoms with Crippen LogP contribution in [0.15, 0.2) is 61.2 Å². The molecule has 0 spiro atoms. The lowest BCUT2D eigenvalue weighted by atomic mass is 10.1. The highest BCUT2D eigenvalue weighted by Gasteiger charge is 2.16. The van der Waals surface area contributed by atoms with E-state index in [1.165, 1.54) is 0 Å². The van der Waals surface area contributed by atoms with Crippen molar-refractivity contribution in [3.8, 4) is 0 Å². The minimum absolute atomic E-state index is 0.0601. The summed E-state index contributed by atoms with van der Waals surface area (Å²) < 4.78 is 4.93. The molecule has 0 bridgehead atoms. The summed E-state index contributed by atoms with van der Waals surface area (Å²) in [7, 11) is 1.60. The Labute approximate surface area is 172 Å². The number of rotatable bonds is 10. The molecule has 2 N–H and O–H groups in total. The minimum Gasteiger partial charge on any atom is -0.383 e. The highest BCUT2D eigenvalue weighted by molar-refractivity contribution is 5.92. The van der Waals surface area contributed by atoms with E-state index in [0.29, 0.717) is 26.2 Å². The average molecular weight is 396 g/mol. The number of carbonyl (C=O) groups is 2. The van der Waals surface area contributed by atoms with Crippen molar-refractivity contribution in [2.24, 2.45) is 0 Å². The Bertz CT molecular complexity index is 818. The van der Waals surface area contributed by atoms with Crippen molar-refractivity contribution in [1.29, 1.82) is 0 Å². The molecule has 0 aliphatic carbocycles. The molecular weight excluding hydrogens is 366 g/mol. The molecule has 0 atom stereocenters. The van der Waals surface area contributed by atoms with Gasteiger partial charge in [0.2, 0.25) is 5.91 Å². The van der Waals surface area contributed by atoms with Gasteiger partial charge in [0.25, 0.3) is 0 Å². The maximum atomic E-state index is 12.7. The van der Waals surface area contributed by atoms with Crippen LogP contribution in [0.1, 0.15) is 16.7 Å². The average Bonchev–Trinajstić information content (AvgIpc) is 2.71. The van der Waals surface area contributed by atoms with Gasteiger partial charge in [0.1, 0.15) is 0 Å². The van der Waals surface area contributed by atoms with E-state index in [4.69, 9.17) is 4.74 Å². The van der Waals surface area contributed by atoms with Crippen LogP contribution in [-0.4, -0.2) is 38.7 Å². The number of hydrogen-bond donors (Lipinski definition) is 2. The van der Waals surface area contributed by atoms with Crippen LogP contribution in [0.5, 0.6) is 0 Å². The molecule has 0 aromatic heterocycles. The van der Waals surface area contributed by atoms with Crippen molar-refractivity contribution in [3.63, 3.8) is 0 Å². The molecule has 0 saturated carbocycles. The van der Waals surface area contributed by atoms with Gasteiger partial charge in [0.05, 0.1) is 19.6 Å². The van der Waals surface area contributed by atoms with Crippen LogP contribution in [0.25, 0.3) is 0 Å². The summed E-state index contributed by atoms with van der Waals surface area (Å²) in [5, 5.41) is 5.64. The van der Waals surface area contributed by atoms with Crippen LogP contribution in [0.3, 0.4) is 0 Å². The van der Waals surface area contributed by atoms with E-state index in [2.05, 4.69) is 23.3 Å². The Morgan fingerprint density at radius 3 is 2.52 bits per heavy atom. The summed E-state index contributed by atoms with van der Waals surface area (Å²) in [6, 6.07) is 15.3. The van der Waals surface area contributed by atoms with Gasteiger partial charge < -0.3 is 15.4 Å². The van der Waals surface area contributed by atoms with E-state index >= 15 is 0 Å². The summed E-state index contributed by atoms with van der Waals surface area (Å²) in [6.07, 6.45) is 1.93. The predicted octanol–water partition coefficient (Wildman–Crippen LogP) is 3.20. The number of urea groups is 1. The fraction of sp³-hybridized carbons (Fsp3) is 0.304. The van der Waals surface area contributed by atoms with Crippen molar-refractivity contribution >= 4 is 17.6 Å². The normalized spacial score (nSPS) is 10.3. The van der Waals surface area contributed by atoms with E-state index < -0.39 is 0 Å². The van der Waals surface area contributed by atoms with Crippen LogP contribution < -0.4 is 15.5 Å². The Kier molecular flexibility index (Phi) is 8.92. The molecule has 6 nitrogen and oxygen atoms in total. The SMILES string of the molecule is C=CCNC(=O)N(Cc1cccc(C)c1)c1ccc(CC(=O)NCCOC)cc1. The van der Waals surface area contributed by atoms with E-state index in [1.807, 2.05) is 49.4 Å². The molecule has 0 aliphatic rings. The summed E-state index contributed by atoms with van der Waals surface area (Å²) in [5.74, 6) is -0.0601. The molecule has 0 heterocycles. The number of nitrogens with zero attached hydrogens (tertiary/aromatic N) is 1. The van der Waals surface area contributed by atoms with Crippen LogP contribution in [-0.2, 0) is 22.5 Å². The number of nitrogens with one attached hydrogen (secondary N) is 2. The second-order valence-electron chi connectivity index (χ2n) is 6.74. The highest BCUT2D eigenvalue weighted by atomic mass is 16.5. The lowest BCUT2D eigenvalue weighted by Gasteiger charge is -2.23. The molecule has 2 aromatic rings. The van der Waals surface area contributed by atoms with Gasteiger partial charge in [-0.1, -0.05) is 48.0 Å². The number of methoxy groups -OCH3 is 1. The molecule has 0 unspecified atom stereocenters. The third kappa shape index (κ3) is 7.43. The molecule has 0 fully saturated rings. The third-order valence-corrected chi connectivity index (χ3v) is 4.31. The van der Waals surface area contributed by atoms with Gasteiger partial charge in [-0.15, -0.1) is 6.58 Å². The Balaban J connectivity index is 2.11. The molecule has 29 heavy (non-hydrogen) atoms. The summed E-state index contributed by atoms with van der Waals surface area (Å²) >= 11 is 0. The highest BCUT2D eigenvalue weighted by Crippen LogP contribution is 2.19. The third-order valence-electron chi connectivity index (χ3n) is 4.31. The number of carbonyl (C=O) groups excluding carboxylic acids is 2. The number of hydrogen-bond acceptors (Lipinski definition) is 3. The van der Waals surface area contributed by atoms with Crippen molar-refractivity contribution < 1.29 is 14.3 Å². The predicted molar refractivity (Wildman–Crippen MR) is 116 cm³/mol. The molecule has 2 rings (SSSR count). The monoisotopic (exact) mass is 395 g/mol. The topological polar surface area (TPSA) is 70.7 Å². The van der Waals surface area contributed by atoms with Crippen LogP contribution in [0.2, 0.25) is 0 Å². The first-order valence-corrected chi connectivity index (χ1v) is 9.60. The lowest BCUT2D eigenvalue weighted by Crippen LogP contribution is -2.39. The molecule has 2 aromatic carbocycles. The van der Waals surface area contributed by atoms with Gasteiger partial charge in [-0.3, -0.25) is 9.69 Å². The Hall–Kier alpha value is -3.12. The van der Waals surface area contributed by atoms with Gasteiger partial charge in [-0.2, -0.15) is 0 Å². The zero-order chi connectivity index (χ0) is 21.1. The fourth-order valence-corrected chi connectivity index (χ4v) is 2.86. The number of anilines is 1. The summed E-state index contributed by atoms with van der Waals surface area (Å²) in [4.78, 5) is 26.3. The van der Waals surface area contributed by atoms with Crippen LogP contribution >= 0.6 is 0 Å². The zero-order valence-corrected chi connectivity index (χ0v) is 17.1. The molecule has 154 valence electrons. The van der Waals surface area contributed by atoms with Gasteiger partial charge in [0, 0.05) is 25.9 Å². The van der Waals surface area contributed by atoms with E-state index in [9.17, 15) is 9.59 Å². The van der Waals surface area contributed by atoms with Crippen LogP contribution in [0, 0.1) is 6.92 Å². The lowest BCUT2D eigenvalue weighted by molar-refractivity contribution is -0.120. The first-order valence-electron chi connectivity index (χ1n) is 9.60. The standard InChI is InChI=1S/C23H29N3O3/c1-4-12-25-23(28)26(17-20-7-5-6-18(2)15-20)21-10-8-19(9-11-21)16-22(27)24-13-14-29-3/h4-11,15H,1,12-14,16-17H2,2-3H3,(H,24,27)(H,25,28). The van der Waals surface area contributed by atoms with Gasteiger partial charge in [-0.25, -0.2) is 4.79 Å². The van der Waals surface area contributed by atoms with Crippen molar-refractivity contribution in [3.05, 3.63) is 77.9 Å². The molecule has 0 radical (unpaired) electrons. The van der Waals surface area contributed by atoms with Crippen molar-refractivity contribution in [2.75, 3.05) is 31.7 Å². The van der Waals surface area contributed by atoms with Gasteiger partial charge in [0.15, 0.2) is 0 Å². The fourth-order valence-electron chi connectivity index (χ4n) is 2.86. The maximum absolute atomic E-state index is 12.7. The van der Waals surface area contributed by atoms with Crippen LogP contribution in [0.4, 0.5) is 10.5 Å². The first kappa shape index (κ1) is 22.2. The first-order chi connectivity index (χ1) is 14.0. The second kappa shape index (κ2) is 11.7. The quantitative estimate of drug-likeness (QED) is 0.479. The number of ether oxygens (including phenoxy) is 1. The molecule has 0 saturated heterocycles. The molecule has 3 amide bonds. The van der Waals surface area contributed by atoms with Crippen molar-refractivity contribution in [2.45, 2.75) is 19.9 Å². The second-order valence-corrected chi connectivity index (χ2v) is 6.74. The molecule has 6 heteroatoms. The smallest absolute Gasteiger partial charge is 0.322 e. The minimum atomic E-state index is -0.198. The Morgan fingerprint density at radius 2 is 1.86 bits per heavy atom. The van der Waals surface area contributed by atoms with E-state index in [0.717, 1.165) is 22.4 Å². The number of benzene rings is 2. The van der Waals surface area contributed by atoms with Gasteiger partial charge >= 0.3 is 6.03 Å².